The summed E-state index contributed by atoms with van der Waals surface area (Å²) in [4.78, 5) is 48.5. The largest absolute Gasteiger partial charge is 0.481 e. The maximum atomic E-state index is 11.9. The van der Waals surface area contributed by atoms with Gasteiger partial charge in [-0.3, -0.25) is 4.79 Å². The van der Waals surface area contributed by atoms with Crippen molar-refractivity contribution in [2.75, 3.05) is 32.7 Å². The number of piperidine rings is 2. The van der Waals surface area contributed by atoms with E-state index < -0.39 is 34.5 Å². The molecule has 3 aliphatic rings. The Morgan fingerprint density at radius 1 is 0.889 bits per heavy atom. The molecule has 0 aromatic heterocycles. The van der Waals surface area contributed by atoms with E-state index in [1.807, 2.05) is 20.8 Å². The summed E-state index contributed by atoms with van der Waals surface area (Å²) in [6.07, 6.45) is 0.484. The van der Waals surface area contributed by atoms with E-state index in [1.54, 1.807) is 25.7 Å². The lowest BCUT2D eigenvalue weighted by molar-refractivity contribution is -0.144. The van der Waals surface area contributed by atoms with Crippen molar-refractivity contribution in [1.82, 2.24) is 15.1 Å². The first-order valence-corrected chi connectivity index (χ1v) is 12.3. The fourth-order valence-electron chi connectivity index (χ4n) is 4.09. The molecule has 3 fully saturated rings. The third-order valence-corrected chi connectivity index (χ3v) is 6.02. The summed E-state index contributed by atoms with van der Waals surface area (Å²) >= 11 is 0. The molecule has 0 unspecified atom stereocenters. The Morgan fingerprint density at radius 2 is 1.31 bits per heavy atom. The molecule has 12 nitrogen and oxygen atoms in total. The fraction of sp³-hybridized carbons (Fsp3) is 0.833. The molecular formula is C24H41N3O9. The van der Waals surface area contributed by atoms with Crippen molar-refractivity contribution in [3.8, 4) is 0 Å². The molecule has 0 bridgehead atoms. The Labute approximate surface area is 212 Å². The van der Waals surface area contributed by atoms with Gasteiger partial charge >= 0.3 is 24.2 Å². The number of rotatable bonds is 2. The van der Waals surface area contributed by atoms with Crippen LogP contribution in [0.1, 0.15) is 73.6 Å². The zero-order chi connectivity index (χ0) is 27.4. The van der Waals surface area contributed by atoms with Gasteiger partial charge in [-0.25, -0.2) is 14.4 Å². The van der Waals surface area contributed by atoms with Gasteiger partial charge in [-0.1, -0.05) is 0 Å². The number of alkyl carbamates (subject to hydrolysis) is 1. The summed E-state index contributed by atoms with van der Waals surface area (Å²) < 4.78 is 15.8. The van der Waals surface area contributed by atoms with Crippen molar-refractivity contribution < 1.29 is 43.6 Å². The Morgan fingerprint density at radius 3 is 1.64 bits per heavy atom. The van der Waals surface area contributed by atoms with Gasteiger partial charge in [0.05, 0.1) is 18.6 Å². The number of carbonyl (C=O) groups is 4. The van der Waals surface area contributed by atoms with Crippen LogP contribution in [0.3, 0.4) is 0 Å². The number of carbonyl (C=O) groups excluding carboxylic acids is 3. The second-order valence-corrected chi connectivity index (χ2v) is 11.7. The van der Waals surface area contributed by atoms with Crippen LogP contribution >= 0.6 is 0 Å². The summed E-state index contributed by atoms with van der Waals surface area (Å²) in [7, 11) is 0. The summed E-state index contributed by atoms with van der Waals surface area (Å²) in [5.41, 5.74) is -2.65. The molecule has 0 aromatic rings. The van der Waals surface area contributed by atoms with E-state index in [-0.39, 0.29) is 31.4 Å². The van der Waals surface area contributed by atoms with E-state index in [0.29, 0.717) is 45.6 Å². The van der Waals surface area contributed by atoms with Crippen LogP contribution in [-0.4, -0.2) is 99.4 Å². The van der Waals surface area contributed by atoms with Gasteiger partial charge in [0.2, 0.25) is 0 Å². The first-order valence-electron chi connectivity index (χ1n) is 12.3. The first kappa shape index (κ1) is 29.5. The monoisotopic (exact) mass is 515 g/mol. The molecule has 0 aliphatic carbocycles. The Hall–Kier alpha value is -2.76. The minimum Gasteiger partial charge on any atom is -0.481 e. The van der Waals surface area contributed by atoms with Gasteiger partial charge in [0, 0.05) is 39.0 Å². The Bertz CT molecular complexity index is 816. The van der Waals surface area contributed by atoms with E-state index in [0.717, 1.165) is 0 Å². The highest BCUT2D eigenvalue weighted by molar-refractivity contribution is 5.71. The van der Waals surface area contributed by atoms with Gasteiger partial charge in [0.1, 0.15) is 16.8 Å². The van der Waals surface area contributed by atoms with Gasteiger partial charge in [0.15, 0.2) is 0 Å². The molecule has 3 heterocycles. The average Bonchev–Trinajstić information content (AvgIpc) is 3.06. The number of hydrogen-bond acceptors (Lipinski definition) is 8. The Kier molecular flexibility index (Phi) is 9.09. The number of aliphatic carboxylic acids is 1. The van der Waals surface area contributed by atoms with E-state index in [9.17, 15) is 24.3 Å². The van der Waals surface area contributed by atoms with E-state index in [1.165, 1.54) is 4.90 Å². The molecule has 0 aromatic carbocycles. The minimum absolute atomic E-state index is 0.262. The second-order valence-electron chi connectivity index (χ2n) is 11.7. The number of hydrogen-bond donors (Lipinski definition) is 3. The molecule has 0 radical (unpaired) electrons. The van der Waals surface area contributed by atoms with Crippen molar-refractivity contribution in [2.45, 2.75) is 96.1 Å². The van der Waals surface area contributed by atoms with Gasteiger partial charge in [-0.05, 0) is 54.4 Å². The fourth-order valence-corrected chi connectivity index (χ4v) is 4.09. The lowest BCUT2D eigenvalue weighted by Gasteiger charge is -2.37. The van der Waals surface area contributed by atoms with Gasteiger partial charge < -0.3 is 39.5 Å². The maximum Gasteiger partial charge on any atom is 0.410 e. The van der Waals surface area contributed by atoms with Crippen LogP contribution < -0.4 is 5.32 Å². The molecule has 0 saturated carbocycles. The van der Waals surface area contributed by atoms with E-state index >= 15 is 0 Å². The van der Waals surface area contributed by atoms with Crippen LogP contribution in [0.4, 0.5) is 14.4 Å². The molecule has 206 valence electrons. The number of nitrogens with zero attached hydrogens (tertiary/aromatic N) is 2. The zero-order valence-corrected chi connectivity index (χ0v) is 22.2. The zero-order valence-electron chi connectivity index (χ0n) is 22.2. The van der Waals surface area contributed by atoms with Crippen LogP contribution in [0.5, 0.6) is 0 Å². The molecular weight excluding hydrogens is 474 g/mol. The number of likely N-dealkylation sites (tertiary alicyclic amines) is 2. The molecule has 3 saturated heterocycles. The van der Waals surface area contributed by atoms with Crippen molar-refractivity contribution in [3.05, 3.63) is 0 Å². The highest BCUT2D eigenvalue weighted by Crippen LogP contribution is 2.30. The molecule has 0 atom stereocenters. The lowest BCUT2D eigenvalue weighted by atomic mass is 9.88. The number of amides is 3. The minimum atomic E-state index is -1.20. The number of ether oxygens (including phenoxy) is 3. The number of carboxylic acids is 1. The summed E-state index contributed by atoms with van der Waals surface area (Å²) in [6, 6.07) is 0. The molecule has 3 rings (SSSR count). The molecule has 12 heteroatoms. The summed E-state index contributed by atoms with van der Waals surface area (Å²) in [5.74, 6) is -1.02. The number of carboxylic acid groups (broad SMARTS) is 1. The molecule has 1 spiro atoms. The average molecular weight is 516 g/mol. The predicted molar refractivity (Wildman–Crippen MR) is 128 cm³/mol. The van der Waals surface area contributed by atoms with Crippen LogP contribution in [0.15, 0.2) is 0 Å². The summed E-state index contributed by atoms with van der Waals surface area (Å²) in [5, 5.41) is 21.4. The van der Waals surface area contributed by atoms with Crippen molar-refractivity contribution in [3.63, 3.8) is 0 Å². The van der Waals surface area contributed by atoms with Crippen LogP contribution in [-0.2, 0) is 19.0 Å². The van der Waals surface area contributed by atoms with Crippen molar-refractivity contribution in [1.29, 1.82) is 0 Å². The van der Waals surface area contributed by atoms with E-state index in [4.69, 9.17) is 19.3 Å². The molecule has 3 aliphatic heterocycles. The Balaban J connectivity index is 0.000000254. The van der Waals surface area contributed by atoms with Crippen molar-refractivity contribution >= 4 is 24.2 Å². The number of aliphatic hydroxyl groups is 1. The van der Waals surface area contributed by atoms with Crippen LogP contribution in [0.25, 0.3) is 0 Å². The van der Waals surface area contributed by atoms with Gasteiger partial charge in [0.25, 0.3) is 0 Å². The van der Waals surface area contributed by atoms with Gasteiger partial charge in [-0.2, -0.15) is 0 Å². The quantitative estimate of drug-likeness (QED) is 0.471. The highest BCUT2D eigenvalue weighted by Gasteiger charge is 2.44. The molecule has 3 amide bonds. The van der Waals surface area contributed by atoms with E-state index in [2.05, 4.69) is 5.32 Å². The van der Waals surface area contributed by atoms with Crippen LogP contribution in [0.2, 0.25) is 0 Å². The van der Waals surface area contributed by atoms with Gasteiger partial charge in [-0.15, -0.1) is 0 Å². The second kappa shape index (κ2) is 11.1. The van der Waals surface area contributed by atoms with Crippen LogP contribution in [0, 0.1) is 0 Å². The summed E-state index contributed by atoms with van der Waals surface area (Å²) in [6.45, 7) is 13.2. The first-order chi connectivity index (χ1) is 16.4. The normalized spacial score (nSPS) is 21.0. The standard InChI is InChI=1S/C12H20N2O4.C12H21NO5/c1-11(2,3)18-10(16)14-6-4-12(5-7-14)8-13-9(15)17-12;1-11(2,3)18-10(16)13-6-4-12(17,5-7-13)8-9(14)15/h4-8H2,1-3H3,(H,13,15);17H,4-8H2,1-3H3,(H,14,15). The smallest absolute Gasteiger partial charge is 0.410 e. The molecule has 3 N–H and O–H groups in total. The SMILES string of the molecule is CC(C)(C)OC(=O)N1CCC(O)(CC(=O)O)CC1.CC(C)(C)OC(=O)N1CCC2(CC1)CNC(=O)O2. The maximum absolute atomic E-state index is 11.9. The predicted octanol–water partition coefficient (Wildman–Crippen LogP) is 2.72. The topological polar surface area (TPSA) is 155 Å². The molecule has 36 heavy (non-hydrogen) atoms. The highest BCUT2D eigenvalue weighted by atomic mass is 16.6. The third kappa shape index (κ3) is 9.36. The van der Waals surface area contributed by atoms with Crippen molar-refractivity contribution in [2.24, 2.45) is 0 Å². The lowest BCUT2D eigenvalue weighted by Crippen LogP contribution is -2.49. The third-order valence-electron chi connectivity index (χ3n) is 6.02. The number of nitrogens with one attached hydrogen (secondary N) is 1.